The molecule has 0 saturated carbocycles. The van der Waals surface area contributed by atoms with Gasteiger partial charge in [0, 0.05) is 18.8 Å². The highest BCUT2D eigenvalue weighted by Crippen LogP contribution is 2.20. The molecule has 4 nitrogen and oxygen atoms in total. The molecule has 0 saturated heterocycles. The van der Waals surface area contributed by atoms with E-state index in [9.17, 15) is 17.2 Å². The van der Waals surface area contributed by atoms with Crippen molar-refractivity contribution in [2.45, 2.75) is 30.9 Å². The van der Waals surface area contributed by atoms with Crippen molar-refractivity contribution in [2.24, 2.45) is 0 Å². The molecule has 0 aromatic heterocycles. The Hall–Kier alpha value is -1.21. The molecule has 120 valence electrons. The molecule has 1 aromatic carbocycles. The molecule has 0 fully saturated rings. The molecule has 0 spiro atoms. The Morgan fingerprint density at radius 2 is 1.76 bits per heavy atom. The maximum Gasteiger partial charge on any atom is 0.341 e. The number of hydrogen-bond acceptors (Lipinski definition) is 4. The number of anilines is 1. The summed E-state index contributed by atoms with van der Waals surface area (Å²) in [5.41, 5.74) is 0.718. The molecule has 0 heterocycles. The van der Waals surface area contributed by atoms with Crippen LogP contribution in [0.5, 0.6) is 0 Å². The minimum absolute atomic E-state index is 0.357. The summed E-state index contributed by atoms with van der Waals surface area (Å²) in [4.78, 5) is 1.94. The Labute approximate surface area is 125 Å². The van der Waals surface area contributed by atoms with Gasteiger partial charge in [-0.1, -0.05) is 13.8 Å². The third-order valence-electron chi connectivity index (χ3n) is 3.16. The second kappa shape index (κ2) is 8.29. The molecule has 0 radical (unpaired) electrons. The molecule has 7 heteroatoms. The molecular formula is C14H22F2N2O2S. The topological polar surface area (TPSA) is 49.4 Å². The van der Waals surface area contributed by atoms with Crippen molar-refractivity contribution >= 4 is 15.5 Å². The van der Waals surface area contributed by atoms with E-state index in [0.29, 0.717) is 0 Å². The van der Waals surface area contributed by atoms with E-state index >= 15 is 0 Å². The second-order valence-corrected chi connectivity index (χ2v) is 6.61. The quantitative estimate of drug-likeness (QED) is 0.760. The number of sulfone groups is 1. The fraction of sp³-hybridized carbons (Fsp3) is 0.571. The van der Waals surface area contributed by atoms with Crippen molar-refractivity contribution in [3.05, 3.63) is 24.3 Å². The average molecular weight is 320 g/mol. The molecule has 0 aliphatic carbocycles. The van der Waals surface area contributed by atoms with Crippen molar-refractivity contribution < 1.29 is 17.2 Å². The molecule has 1 rings (SSSR count). The van der Waals surface area contributed by atoms with Gasteiger partial charge in [-0.3, -0.25) is 0 Å². The number of hydrogen-bond donors (Lipinski definition) is 1. The van der Waals surface area contributed by atoms with Crippen LogP contribution in [0.3, 0.4) is 0 Å². The smallest absolute Gasteiger partial charge is 0.341 e. The van der Waals surface area contributed by atoms with Crippen molar-refractivity contribution in [3.8, 4) is 0 Å². The van der Waals surface area contributed by atoms with E-state index in [-0.39, 0.29) is 4.90 Å². The van der Waals surface area contributed by atoms with Gasteiger partial charge in [-0.05, 0) is 43.8 Å². The van der Waals surface area contributed by atoms with Crippen LogP contribution in [0.4, 0.5) is 14.5 Å². The van der Waals surface area contributed by atoms with Gasteiger partial charge in [-0.25, -0.2) is 8.42 Å². The molecule has 1 aromatic rings. The Balaban J connectivity index is 2.56. The maximum absolute atomic E-state index is 12.4. The molecule has 0 amide bonds. The Kier molecular flexibility index (Phi) is 7.04. The molecule has 0 aliphatic rings. The summed E-state index contributed by atoms with van der Waals surface area (Å²) < 4.78 is 47.3. The number of halogens is 2. The van der Waals surface area contributed by atoms with E-state index in [1.54, 1.807) is 0 Å². The molecule has 0 bridgehead atoms. The highest BCUT2D eigenvalue weighted by Gasteiger charge is 2.26. The first-order chi connectivity index (χ1) is 9.91. The number of benzene rings is 1. The number of likely N-dealkylation sites (N-methyl/N-ethyl adjacent to an activating group) is 1. The highest BCUT2D eigenvalue weighted by atomic mass is 32.2. The van der Waals surface area contributed by atoms with E-state index in [1.165, 1.54) is 24.3 Å². The highest BCUT2D eigenvalue weighted by molar-refractivity contribution is 7.91. The lowest BCUT2D eigenvalue weighted by molar-refractivity contribution is 0.234. The van der Waals surface area contributed by atoms with Crippen molar-refractivity contribution in [3.63, 3.8) is 0 Å². The largest absolute Gasteiger partial charge is 0.384 e. The van der Waals surface area contributed by atoms with Crippen LogP contribution in [0.2, 0.25) is 0 Å². The van der Waals surface area contributed by atoms with E-state index in [1.807, 2.05) is 0 Å². The lowest BCUT2D eigenvalue weighted by Gasteiger charge is -2.19. The first-order valence-corrected chi connectivity index (χ1v) is 8.54. The Morgan fingerprint density at radius 3 is 2.24 bits per heavy atom. The van der Waals surface area contributed by atoms with Crippen LogP contribution in [-0.2, 0) is 9.84 Å². The van der Waals surface area contributed by atoms with E-state index in [2.05, 4.69) is 24.1 Å². The van der Waals surface area contributed by atoms with Crippen LogP contribution in [0.15, 0.2) is 29.2 Å². The van der Waals surface area contributed by atoms with Crippen LogP contribution >= 0.6 is 0 Å². The number of nitrogens with zero attached hydrogens (tertiary/aromatic N) is 1. The minimum Gasteiger partial charge on any atom is -0.384 e. The summed E-state index contributed by atoms with van der Waals surface area (Å²) in [5.74, 6) is -3.39. The van der Waals surface area contributed by atoms with Gasteiger partial charge in [0.1, 0.15) is 0 Å². The van der Waals surface area contributed by atoms with Gasteiger partial charge in [-0.15, -0.1) is 0 Å². The first kappa shape index (κ1) is 17.8. The van der Waals surface area contributed by atoms with Gasteiger partial charge in [0.2, 0.25) is 9.84 Å². The summed E-state index contributed by atoms with van der Waals surface area (Å²) in [6.07, 6.45) is 1.09. The monoisotopic (exact) mass is 320 g/mol. The van der Waals surface area contributed by atoms with Crippen LogP contribution in [0.1, 0.15) is 20.3 Å². The van der Waals surface area contributed by atoms with Gasteiger partial charge in [0.05, 0.1) is 4.90 Å². The number of rotatable bonds is 9. The van der Waals surface area contributed by atoms with Gasteiger partial charge < -0.3 is 10.2 Å². The Bertz CT molecular complexity index is 518. The standard InChI is InChI=1S/C14H22F2N2O2S/c1-3-10-18(4-2)11-9-17-12-5-7-13(8-6-12)21(19,20)14(15)16/h5-8,14,17H,3-4,9-11H2,1-2H3. The normalized spacial score (nSPS) is 12.1. The van der Waals surface area contributed by atoms with Gasteiger partial charge in [-0.2, -0.15) is 8.78 Å². The zero-order chi connectivity index (χ0) is 15.9. The summed E-state index contributed by atoms with van der Waals surface area (Å²) in [6, 6.07) is 5.41. The maximum atomic E-state index is 12.4. The number of alkyl halides is 2. The van der Waals surface area contributed by atoms with Crippen molar-refractivity contribution in [1.82, 2.24) is 4.90 Å². The fourth-order valence-corrected chi connectivity index (χ4v) is 2.69. The zero-order valence-corrected chi connectivity index (χ0v) is 13.2. The SMILES string of the molecule is CCCN(CC)CCNc1ccc(S(=O)(=O)C(F)F)cc1. The lowest BCUT2D eigenvalue weighted by atomic mass is 10.3. The first-order valence-electron chi connectivity index (χ1n) is 7.00. The second-order valence-electron chi connectivity index (χ2n) is 4.69. The van der Waals surface area contributed by atoms with Crippen molar-refractivity contribution in [1.29, 1.82) is 0 Å². The summed E-state index contributed by atoms with van der Waals surface area (Å²) in [5, 5.41) is 3.15. The van der Waals surface area contributed by atoms with Crippen LogP contribution in [0.25, 0.3) is 0 Å². The number of nitrogens with one attached hydrogen (secondary N) is 1. The van der Waals surface area contributed by atoms with Crippen LogP contribution < -0.4 is 5.32 Å². The molecule has 0 unspecified atom stereocenters. The summed E-state index contributed by atoms with van der Waals surface area (Å²) in [7, 11) is -4.51. The molecule has 21 heavy (non-hydrogen) atoms. The van der Waals surface area contributed by atoms with Crippen LogP contribution in [-0.4, -0.2) is 45.3 Å². The van der Waals surface area contributed by atoms with Gasteiger partial charge in [0.15, 0.2) is 0 Å². The predicted molar refractivity (Wildman–Crippen MR) is 80.5 cm³/mol. The minimum atomic E-state index is -4.51. The molecular weight excluding hydrogens is 298 g/mol. The summed E-state index contributed by atoms with van der Waals surface area (Å²) >= 11 is 0. The zero-order valence-electron chi connectivity index (χ0n) is 12.4. The molecule has 1 N–H and O–H groups in total. The third kappa shape index (κ3) is 5.24. The predicted octanol–water partition coefficient (Wildman–Crippen LogP) is 2.83. The van der Waals surface area contributed by atoms with E-state index < -0.39 is 15.6 Å². The third-order valence-corrected chi connectivity index (χ3v) is 4.56. The van der Waals surface area contributed by atoms with Crippen LogP contribution in [0, 0.1) is 0 Å². The average Bonchev–Trinajstić information content (AvgIpc) is 2.46. The summed E-state index contributed by atoms with van der Waals surface area (Å²) in [6.45, 7) is 7.82. The van der Waals surface area contributed by atoms with Gasteiger partial charge in [0.25, 0.3) is 0 Å². The molecule has 0 aliphatic heterocycles. The lowest BCUT2D eigenvalue weighted by Crippen LogP contribution is -2.29. The van der Waals surface area contributed by atoms with E-state index in [0.717, 1.165) is 38.3 Å². The van der Waals surface area contributed by atoms with E-state index in [4.69, 9.17) is 0 Å². The van der Waals surface area contributed by atoms with Gasteiger partial charge >= 0.3 is 5.76 Å². The molecule has 0 atom stereocenters. The van der Waals surface area contributed by atoms with Crippen molar-refractivity contribution in [2.75, 3.05) is 31.5 Å². The fourth-order valence-electron chi connectivity index (χ4n) is 1.97. The Morgan fingerprint density at radius 1 is 1.14 bits per heavy atom.